The summed E-state index contributed by atoms with van der Waals surface area (Å²) < 4.78 is 68.6. The van der Waals surface area contributed by atoms with Crippen molar-refractivity contribution in [2.45, 2.75) is 354 Å². The fraction of sp³-hybridized carbons (Fsp3) is 0.701. The van der Waals surface area contributed by atoms with Crippen LogP contribution in [-0.2, 0) is 65.4 Å². The second kappa shape index (κ2) is 78.3. The van der Waals surface area contributed by atoms with Crippen LogP contribution in [0.15, 0.2) is 134 Å². The van der Waals surface area contributed by atoms with Crippen LogP contribution in [0.1, 0.15) is 336 Å². The molecule has 0 bridgehead atoms. The Morgan fingerprint density at radius 3 is 0.830 bits per heavy atom. The number of rotatable bonds is 77. The van der Waals surface area contributed by atoms with Crippen LogP contribution in [0.2, 0.25) is 0 Å². The first-order chi connectivity index (χ1) is 51.7. The van der Waals surface area contributed by atoms with E-state index >= 15 is 0 Å². The van der Waals surface area contributed by atoms with Crippen LogP contribution < -0.4 is 0 Å². The van der Waals surface area contributed by atoms with Crippen molar-refractivity contribution in [2.75, 3.05) is 39.6 Å². The van der Waals surface area contributed by atoms with E-state index in [0.717, 1.165) is 161 Å². The molecule has 3 N–H and O–H groups in total. The van der Waals surface area contributed by atoms with Gasteiger partial charge in [-0.1, -0.05) is 309 Å². The quantitative estimate of drug-likeness (QED) is 0.0169. The number of phosphoric ester groups is 2. The molecule has 608 valence electrons. The Bertz CT molecular complexity index is 2530. The van der Waals surface area contributed by atoms with Gasteiger partial charge in [-0.2, -0.15) is 0 Å². The number of aliphatic hydroxyl groups excluding tert-OH is 1. The summed E-state index contributed by atoms with van der Waals surface area (Å²) in [5.74, 6) is -2.29. The zero-order valence-corrected chi connectivity index (χ0v) is 68.4. The first kappa shape index (κ1) is 101. The van der Waals surface area contributed by atoms with Gasteiger partial charge in [0, 0.05) is 25.7 Å². The third-order valence-electron chi connectivity index (χ3n) is 17.1. The number of hydrogen-bond donors (Lipinski definition) is 3. The number of phosphoric acid groups is 2. The van der Waals surface area contributed by atoms with Crippen molar-refractivity contribution in [1.82, 2.24) is 0 Å². The Hall–Kier alpha value is -4.80. The average molecular weight is 1530 g/mol. The molecule has 106 heavy (non-hydrogen) atoms. The maximum atomic E-state index is 13.1. The van der Waals surface area contributed by atoms with Gasteiger partial charge in [-0.3, -0.25) is 37.3 Å². The van der Waals surface area contributed by atoms with Gasteiger partial charge in [-0.05, 0) is 135 Å². The van der Waals surface area contributed by atoms with E-state index < -0.39 is 97.5 Å². The second-order valence-corrected chi connectivity index (χ2v) is 30.2. The van der Waals surface area contributed by atoms with Crippen molar-refractivity contribution >= 4 is 39.5 Å². The minimum Gasteiger partial charge on any atom is -0.462 e. The van der Waals surface area contributed by atoms with E-state index in [9.17, 15) is 43.2 Å². The van der Waals surface area contributed by atoms with Crippen molar-refractivity contribution in [1.29, 1.82) is 0 Å². The number of esters is 4. The maximum Gasteiger partial charge on any atom is 0.472 e. The summed E-state index contributed by atoms with van der Waals surface area (Å²) in [5.41, 5.74) is 0. The molecule has 0 aliphatic heterocycles. The van der Waals surface area contributed by atoms with E-state index in [2.05, 4.69) is 143 Å². The predicted molar refractivity (Wildman–Crippen MR) is 436 cm³/mol. The minimum atomic E-state index is -5.00. The van der Waals surface area contributed by atoms with E-state index in [4.69, 9.17) is 37.0 Å². The lowest BCUT2D eigenvalue weighted by Crippen LogP contribution is -2.30. The SMILES string of the molecule is CC/C=C\C/C=C\C/C=C\C/C=C\C/C=C\C/C=C\CCC(=O)OCC(COP(=O)(O)OCC(O)COP(=O)(O)OCC(COC(=O)CCCCCCC/C=C\C/C=C\CCCCC)OC(=O)CCCCCCCCCCCCCCC)OC(=O)CCCCCCCC/C=C\C/C=C\C/C=C\CCCCC. The highest BCUT2D eigenvalue weighted by Crippen LogP contribution is 2.45. The summed E-state index contributed by atoms with van der Waals surface area (Å²) in [7, 11) is -9.99. The molecule has 0 fully saturated rings. The lowest BCUT2D eigenvalue weighted by atomic mass is 10.0. The number of carbonyl (C=O) groups excluding carboxylic acids is 4. The molecule has 17 nitrogen and oxygen atoms in total. The minimum absolute atomic E-state index is 0.0302. The molecule has 0 saturated heterocycles. The third kappa shape index (κ3) is 77.4. The van der Waals surface area contributed by atoms with Gasteiger partial charge in [0.2, 0.25) is 0 Å². The van der Waals surface area contributed by atoms with Crippen LogP contribution in [0, 0.1) is 0 Å². The standard InChI is InChI=1S/C87H148O17P2/c1-5-9-13-17-21-25-29-33-36-38-40-42-45-49-52-56-60-64-68-72-85(90)98-78-83(104-87(92)74-70-66-62-58-54-50-46-43-41-39-37-34-30-26-22-18-14-10-6-2)80-102-106(95,96)100-76-81(88)75-99-105(93,94)101-79-82(103-86(91)73-69-65-61-57-53-47-32-28-24-20-16-12-8-4)77-97-84(89)71-67-63-59-55-51-48-44-35-31-27-23-19-15-11-7-3/h9,13,21-23,25-27,33-37,40-44,49,52,60,64,81-83,88H,5-8,10-12,14-20,24,28-32,38-39,45-48,50-51,53-59,61-63,65-80H2,1-4H3,(H,93,94)(H,95,96)/b13-9-,25-21-,26-22-,27-23-,36-33-,37-34-,42-40-,43-41-,44-35-,52-49-,64-60-. The Morgan fingerprint density at radius 2 is 0.509 bits per heavy atom. The van der Waals surface area contributed by atoms with Gasteiger partial charge < -0.3 is 33.8 Å². The first-order valence-electron chi connectivity index (χ1n) is 41.4. The maximum absolute atomic E-state index is 13.1. The average Bonchev–Trinajstić information content (AvgIpc) is 0.903. The van der Waals surface area contributed by atoms with Crippen LogP contribution >= 0.6 is 15.6 Å². The molecular formula is C87H148O17P2. The van der Waals surface area contributed by atoms with Crippen LogP contribution in [0.5, 0.6) is 0 Å². The molecule has 0 aromatic heterocycles. The molecular weight excluding hydrogens is 1380 g/mol. The molecule has 0 radical (unpaired) electrons. The Morgan fingerprint density at radius 1 is 0.274 bits per heavy atom. The summed E-state index contributed by atoms with van der Waals surface area (Å²) >= 11 is 0. The Labute approximate surface area is 644 Å². The third-order valence-corrected chi connectivity index (χ3v) is 19.0. The number of aliphatic hydroxyl groups is 1. The first-order valence-corrected chi connectivity index (χ1v) is 44.4. The van der Waals surface area contributed by atoms with Crippen LogP contribution in [-0.4, -0.2) is 96.7 Å². The van der Waals surface area contributed by atoms with E-state index in [0.29, 0.717) is 32.1 Å². The van der Waals surface area contributed by atoms with Crippen LogP contribution in [0.4, 0.5) is 0 Å². The van der Waals surface area contributed by atoms with Crippen molar-refractivity contribution in [3.8, 4) is 0 Å². The number of carbonyl (C=O) groups is 4. The van der Waals surface area contributed by atoms with Gasteiger partial charge in [0.1, 0.15) is 19.3 Å². The topological polar surface area (TPSA) is 237 Å². The molecule has 0 aliphatic carbocycles. The lowest BCUT2D eigenvalue weighted by Gasteiger charge is -2.21. The highest BCUT2D eigenvalue weighted by atomic mass is 31.2. The molecule has 0 amide bonds. The smallest absolute Gasteiger partial charge is 0.462 e. The van der Waals surface area contributed by atoms with Crippen molar-refractivity contribution in [2.24, 2.45) is 0 Å². The highest BCUT2D eigenvalue weighted by Gasteiger charge is 2.30. The number of ether oxygens (including phenoxy) is 4. The summed E-state index contributed by atoms with van der Waals surface area (Å²) in [6.07, 6.45) is 88.6. The molecule has 0 spiro atoms. The van der Waals surface area contributed by atoms with E-state index in [1.54, 1.807) is 0 Å². The fourth-order valence-electron chi connectivity index (χ4n) is 10.8. The number of unbranched alkanes of at least 4 members (excludes halogenated alkanes) is 29. The largest absolute Gasteiger partial charge is 0.472 e. The number of allylic oxidation sites excluding steroid dienone is 22. The monoisotopic (exact) mass is 1530 g/mol. The highest BCUT2D eigenvalue weighted by molar-refractivity contribution is 7.47. The summed E-state index contributed by atoms with van der Waals surface area (Å²) in [6.45, 7) is 4.62. The molecule has 5 unspecified atom stereocenters. The second-order valence-electron chi connectivity index (χ2n) is 27.3. The van der Waals surface area contributed by atoms with Crippen molar-refractivity contribution in [3.05, 3.63) is 134 Å². The fourth-order valence-corrected chi connectivity index (χ4v) is 12.4. The van der Waals surface area contributed by atoms with Gasteiger partial charge >= 0.3 is 39.5 Å². The lowest BCUT2D eigenvalue weighted by molar-refractivity contribution is -0.161. The molecule has 0 saturated carbocycles. The molecule has 0 aromatic rings. The molecule has 0 aromatic carbocycles. The van der Waals surface area contributed by atoms with Crippen LogP contribution in [0.3, 0.4) is 0 Å². The van der Waals surface area contributed by atoms with E-state index in [-0.39, 0.29) is 25.7 Å². The van der Waals surface area contributed by atoms with Gasteiger partial charge in [0.15, 0.2) is 12.2 Å². The molecule has 0 heterocycles. The number of hydrogen-bond acceptors (Lipinski definition) is 15. The van der Waals surface area contributed by atoms with Gasteiger partial charge in [-0.25, -0.2) is 9.13 Å². The Kier molecular flexibility index (Phi) is 74.8. The molecule has 19 heteroatoms. The molecule has 0 rings (SSSR count). The summed E-state index contributed by atoms with van der Waals surface area (Å²) in [5, 5.41) is 10.7. The normalized spacial score (nSPS) is 14.5. The zero-order chi connectivity index (χ0) is 77.4. The van der Waals surface area contributed by atoms with Gasteiger partial charge in [0.05, 0.1) is 26.4 Å². The summed E-state index contributed by atoms with van der Waals surface area (Å²) in [6, 6.07) is 0. The predicted octanol–water partition coefficient (Wildman–Crippen LogP) is 24.4. The summed E-state index contributed by atoms with van der Waals surface area (Å²) in [4.78, 5) is 73.1. The van der Waals surface area contributed by atoms with E-state index in [1.165, 1.54) is 89.9 Å². The molecule has 0 aliphatic rings. The van der Waals surface area contributed by atoms with Gasteiger partial charge in [-0.15, -0.1) is 0 Å². The van der Waals surface area contributed by atoms with Gasteiger partial charge in [0.25, 0.3) is 0 Å². The zero-order valence-electron chi connectivity index (χ0n) is 66.6. The van der Waals surface area contributed by atoms with Crippen LogP contribution in [0.25, 0.3) is 0 Å². The Balaban J connectivity index is 5.45. The van der Waals surface area contributed by atoms with Crippen molar-refractivity contribution < 1.29 is 80.2 Å². The van der Waals surface area contributed by atoms with E-state index in [1.807, 2.05) is 18.2 Å². The molecule has 5 atom stereocenters. The van der Waals surface area contributed by atoms with Crippen molar-refractivity contribution in [3.63, 3.8) is 0 Å².